The number of thiophene rings is 1. The number of halogens is 1. The minimum absolute atomic E-state index is 0.131. The molecule has 1 unspecified atom stereocenters. The van der Waals surface area contributed by atoms with Gasteiger partial charge in [0.2, 0.25) is 0 Å². The topological polar surface area (TPSA) is 26.0 Å². The zero-order valence-corrected chi connectivity index (χ0v) is 10.4. The van der Waals surface area contributed by atoms with E-state index in [1.807, 2.05) is 0 Å². The number of hydrogen-bond acceptors (Lipinski definition) is 2. The van der Waals surface area contributed by atoms with Gasteiger partial charge in [-0.2, -0.15) is 0 Å². The van der Waals surface area contributed by atoms with Gasteiger partial charge >= 0.3 is 0 Å². The molecule has 2 N–H and O–H groups in total. The fourth-order valence-corrected chi connectivity index (χ4v) is 3.29. The second-order valence-corrected chi connectivity index (χ2v) is 6.14. The first-order valence-corrected chi connectivity index (χ1v) is 6.58. The van der Waals surface area contributed by atoms with Crippen molar-refractivity contribution in [3.05, 3.63) is 32.4 Å². The summed E-state index contributed by atoms with van der Waals surface area (Å²) in [7, 11) is 0. The monoisotopic (exact) mass is 271 g/mol. The highest BCUT2D eigenvalue weighted by atomic mass is 79.9. The van der Waals surface area contributed by atoms with E-state index in [9.17, 15) is 0 Å². The lowest BCUT2D eigenvalue weighted by molar-refractivity contribution is 0.652. The van der Waals surface area contributed by atoms with Gasteiger partial charge in [0.05, 0.1) is 9.83 Å². The quantitative estimate of drug-likeness (QED) is 0.809. The summed E-state index contributed by atoms with van der Waals surface area (Å²) >= 11 is 5.21. The van der Waals surface area contributed by atoms with Crippen molar-refractivity contribution in [3.8, 4) is 0 Å². The average Bonchev–Trinajstić information content (AvgIpc) is 2.65. The molecule has 0 saturated heterocycles. The predicted octanol–water partition coefficient (Wildman–Crippen LogP) is 4.01. The van der Waals surface area contributed by atoms with E-state index in [0.29, 0.717) is 0 Å². The fraction of sp³-hybridized carbons (Fsp3) is 0.455. The van der Waals surface area contributed by atoms with Crippen LogP contribution in [0.3, 0.4) is 0 Å². The summed E-state index contributed by atoms with van der Waals surface area (Å²) in [4.78, 5) is 1.27. The van der Waals surface area contributed by atoms with Gasteiger partial charge < -0.3 is 5.73 Å². The van der Waals surface area contributed by atoms with Gasteiger partial charge in [0.25, 0.3) is 0 Å². The third-order valence-corrected chi connectivity index (χ3v) is 4.33. The molecule has 0 radical (unpaired) electrons. The Morgan fingerprint density at radius 3 is 2.79 bits per heavy atom. The van der Waals surface area contributed by atoms with Gasteiger partial charge in [0, 0.05) is 4.88 Å². The van der Waals surface area contributed by atoms with Gasteiger partial charge in [-0.3, -0.25) is 0 Å². The Morgan fingerprint density at radius 1 is 1.36 bits per heavy atom. The molecule has 1 atom stereocenters. The normalized spacial score (nSPS) is 19.1. The molecule has 3 heteroatoms. The lowest BCUT2D eigenvalue weighted by atomic mass is 9.94. The van der Waals surface area contributed by atoms with E-state index in [2.05, 4.69) is 34.1 Å². The van der Waals surface area contributed by atoms with Crippen LogP contribution in [0.1, 0.15) is 36.6 Å². The summed E-state index contributed by atoms with van der Waals surface area (Å²) in [5.74, 6) is 0. The maximum Gasteiger partial charge on any atom is 0.0702 e. The minimum atomic E-state index is 0.131. The van der Waals surface area contributed by atoms with E-state index in [4.69, 9.17) is 5.73 Å². The van der Waals surface area contributed by atoms with E-state index >= 15 is 0 Å². The lowest BCUT2D eigenvalue weighted by Gasteiger charge is -2.18. The molecule has 0 amide bonds. The predicted molar refractivity (Wildman–Crippen MR) is 65.5 cm³/mol. The van der Waals surface area contributed by atoms with Crippen LogP contribution in [-0.4, -0.2) is 0 Å². The number of rotatable bonds is 2. The molecular formula is C11H14BrNS. The Bertz CT molecular complexity index is 343. The Labute approximate surface area is 97.1 Å². The Kier molecular flexibility index (Phi) is 3.42. The molecule has 76 valence electrons. The summed E-state index contributed by atoms with van der Waals surface area (Å²) in [6.45, 7) is 0. The van der Waals surface area contributed by atoms with Crippen LogP contribution in [-0.2, 0) is 0 Å². The van der Waals surface area contributed by atoms with Gasteiger partial charge in [0.15, 0.2) is 0 Å². The Hall–Kier alpha value is -0.120. The van der Waals surface area contributed by atoms with Gasteiger partial charge in [-0.15, -0.1) is 11.3 Å². The van der Waals surface area contributed by atoms with Crippen LogP contribution < -0.4 is 5.73 Å². The van der Waals surface area contributed by atoms with Gasteiger partial charge in [-0.25, -0.2) is 0 Å². The van der Waals surface area contributed by atoms with E-state index in [-0.39, 0.29) is 6.04 Å². The van der Waals surface area contributed by atoms with Crippen LogP contribution in [0.4, 0.5) is 0 Å². The standard InChI is InChI=1S/C11H14BrNS/c12-10-7-6-9(14-10)11(13)8-4-2-1-3-5-8/h4,6-7,11H,1-3,5,13H2. The number of nitrogens with two attached hydrogens (primary N) is 1. The Morgan fingerprint density at radius 2 is 2.21 bits per heavy atom. The van der Waals surface area contributed by atoms with Crippen molar-refractivity contribution in [2.24, 2.45) is 5.73 Å². The molecule has 0 fully saturated rings. The zero-order valence-electron chi connectivity index (χ0n) is 8.00. The third-order valence-electron chi connectivity index (χ3n) is 2.63. The van der Waals surface area contributed by atoms with Crippen LogP contribution in [0, 0.1) is 0 Å². The summed E-state index contributed by atoms with van der Waals surface area (Å²) in [6, 6.07) is 4.32. The maximum absolute atomic E-state index is 6.20. The number of hydrogen-bond donors (Lipinski definition) is 1. The zero-order chi connectivity index (χ0) is 9.97. The highest BCUT2D eigenvalue weighted by Gasteiger charge is 2.15. The van der Waals surface area contributed by atoms with E-state index < -0.39 is 0 Å². The molecule has 0 bridgehead atoms. The number of allylic oxidation sites excluding steroid dienone is 1. The maximum atomic E-state index is 6.20. The molecule has 2 rings (SSSR count). The summed E-state index contributed by atoms with van der Waals surface area (Å²) in [6.07, 6.45) is 7.32. The fourth-order valence-electron chi connectivity index (χ4n) is 1.82. The van der Waals surface area contributed by atoms with Crippen molar-refractivity contribution >= 4 is 27.3 Å². The van der Waals surface area contributed by atoms with Crippen molar-refractivity contribution < 1.29 is 0 Å². The van der Waals surface area contributed by atoms with Crippen molar-refractivity contribution in [2.75, 3.05) is 0 Å². The largest absolute Gasteiger partial charge is 0.320 e. The summed E-state index contributed by atoms with van der Waals surface area (Å²) < 4.78 is 1.17. The minimum Gasteiger partial charge on any atom is -0.320 e. The summed E-state index contributed by atoms with van der Waals surface area (Å²) in [5, 5.41) is 0. The molecular weight excluding hydrogens is 258 g/mol. The van der Waals surface area contributed by atoms with E-state index in [1.165, 1.54) is 39.9 Å². The van der Waals surface area contributed by atoms with Crippen molar-refractivity contribution in [1.82, 2.24) is 0 Å². The lowest BCUT2D eigenvalue weighted by Crippen LogP contribution is -2.13. The third kappa shape index (κ3) is 2.27. The van der Waals surface area contributed by atoms with E-state index in [1.54, 1.807) is 11.3 Å². The molecule has 1 aromatic heterocycles. The molecule has 0 aromatic carbocycles. The summed E-state index contributed by atoms with van der Waals surface area (Å²) in [5.41, 5.74) is 7.63. The van der Waals surface area contributed by atoms with Crippen molar-refractivity contribution in [1.29, 1.82) is 0 Å². The molecule has 1 aromatic rings. The first-order chi connectivity index (χ1) is 6.77. The van der Waals surface area contributed by atoms with Gasteiger partial charge in [-0.05, 0) is 53.7 Å². The molecule has 0 aliphatic heterocycles. The van der Waals surface area contributed by atoms with Crippen LogP contribution in [0.15, 0.2) is 27.6 Å². The van der Waals surface area contributed by atoms with Gasteiger partial charge in [0.1, 0.15) is 0 Å². The first kappa shape index (κ1) is 10.4. The van der Waals surface area contributed by atoms with Crippen LogP contribution in [0.2, 0.25) is 0 Å². The van der Waals surface area contributed by atoms with Crippen molar-refractivity contribution in [2.45, 2.75) is 31.7 Å². The van der Waals surface area contributed by atoms with Crippen molar-refractivity contribution in [3.63, 3.8) is 0 Å². The smallest absolute Gasteiger partial charge is 0.0702 e. The second-order valence-electron chi connectivity index (χ2n) is 3.64. The highest BCUT2D eigenvalue weighted by Crippen LogP contribution is 2.33. The SMILES string of the molecule is NC(C1=CCCCC1)c1ccc(Br)s1. The molecule has 0 saturated carbocycles. The Balaban J connectivity index is 2.14. The molecule has 0 spiro atoms. The molecule has 1 aliphatic carbocycles. The van der Waals surface area contributed by atoms with Gasteiger partial charge in [-0.1, -0.05) is 11.6 Å². The van der Waals surface area contributed by atoms with E-state index in [0.717, 1.165) is 0 Å². The molecule has 14 heavy (non-hydrogen) atoms. The van der Waals surface area contributed by atoms with Crippen LogP contribution in [0.25, 0.3) is 0 Å². The average molecular weight is 272 g/mol. The molecule has 1 nitrogen and oxygen atoms in total. The molecule has 1 aliphatic rings. The van der Waals surface area contributed by atoms with Crippen LogP contribution in [0.5, 0.6) is 0 Å². The second kappa shape index (κ2) is 4.60. The highest BCUT2D eigenvalue weighted by molar-refractivity contribution is 9.11. The van der Waals surface area contributed by atoms with Crippen LogP contribution >= 0.6 is 27.3 Å². The first-order valence-electron chi connectivity index (χ1n) is 4.97. The molecule has 1 heterocycles.